The van der Waals surface area contributed by atoms with Crippen LogP contribution in [0.3, 0.4) is 0 Å². The lowest BCUT2D eigenvalue weighted by Gasteiger charge is -2.24. The topological polar surface area (TPSA) is 33.7 Å². The Hall–Kier alpha value is -2.98. The maximum Gasteiger partial charge on any atom is 0.154 e. The van der Waals surface area contributed by atoms with Gasteiger partial charge in [-0.2, -0.15) is 0 Å². The fraction of sp³-hybridized carbons (Fsp3) is 0.280. The molecule has 0 fully saturated rings. The van der Waals surface area contributed by atoms with E-state index >= 15 is 0 Å². The zero-order valence-corrected chi connectivity index (χ0v) is 17.2. The van der Waals surface area contributed by atoms with Crippen molar-refractivity contribution in [3.8, 4) is 17.2 Å². The van der Waals surface area contributed by atoms with Crippen LogP contribution in [-0.4, -0.2) is 32.1 Å². The molecule has 0 unspecified atom stereocenters. The number of fused-ring (bicyclic) bond motifs is 2. The van der Waals surface area contributed by atoms with E-state index in [9.17, 15) is 0 Å². The van der Waals surface area contributed by atoms with E-state index < -0.39 is 0 Å². The van der Waals surface area contributed by atoms with Crippen LogP contribution in [0.4, 0.5) is 11.4 Å². The SMILES string of the molecule is COc1ccc(CCN(C)CCCc2cccc3c2Oc2ccccc2N3)cc1. The first kappa shape index (κ1) is 19.3. The molecule has 0 aromatic heterocycles. The standard InChI is InChI=1S/C25H28N2O2/c1-27(18-16-19-12-14-21(28-2)15-13-19)17-6-8-20-7-5-10-23-25(20)29-24-11-4-3-9-22(24)26-23/h3-5,7,9-15,26H,6,8,16-18H2,1-2H3. The molecule has 0 amide bonds. The maximum absolute atomic E-state index is 6.20. The first-order chi connectivity index (χ1) is 14.2. The van der Waals surface area contributed by atoms with Gasteiger partial charge in [0.25, 0.3) is 0 Å². The lowest BCUT2D eigenvalue weighted by atomic mass is 10.1. The second-order valence-corrected chi connectivity index (χ2v) is 7.52. The number of hydrogen-bond acceptors (Lipinski definition) is 4. The zero-order chi connectivity index (χ0) is 20.1. The van der Waals surface area contributed by atoms with Crippen molar-refractivity contribution in [1.82, 2.24) is 4.90 Å². The van der Waals surface area contributed by atoms with Gasteiger partial charge in [0, 0.05) is 6.54 Å². The van der Waals surface area contributed by atoms with Gasteiger partial charge in [0.2, 0.25) is 0 Å². The summed E-state index contributed by atoms with van der Waals surface area (Å²) in [7, 11) is 3.89. The summed E-state index contributed by atoms with van der Waals surface area (Å²) in [5.41, 5.74) is 4.67. The summed E-state index contributed by atoms with van der Waals surface area (Å²) < 4.78 is 11.4. The van der Waals surface area contributed by atoms with Crippen LogP contribution in [0.2, 0.25) is 0 Å². The van der Waals surface area contributed by atoms with Crippen LogP contribution in [0, 0.1) is 0 Å². The second-order valence-electron chi connectivity index (χ2n) is 7.52. The lowest BCUT2D eigenvalue weighted by Crippen LogP contribution is -2.23. The van der Waals surface area contributed by atoms with Crippen molar-refractivity contribution in [3.63, 3.8) is 0 Å². The second kappa shape index (κ2) is 9.01. The molecule has 0 aliphatic carbocycles. The van der Waals surface area contributed by atoms with E-state index in [2.05, 4.69) is 47.6 Å². The quantitative estimate of drug-likeness (QED) is 0.423. The van der Waals surface area contributed by atoms with Crippen molar-refractivity contribution in [1.29, 1.82) is 0 Å². The van der Waals surface area contributed by atoms with Gasteiger partial charge in [-0.1, -0.05) is 36.4 Å². The minimum atomic E-state index is 0.893. The van der Waals surface area contributed by atoms with Crippen LogP contribution in [0.15, 0.2) is 66.7 Å². The minimum Gasteiger partial charge on any atom is -0.497 e. The van der Waals surface area contributed by atoms with Crippen LogP contribution < -0.4 is 14.8 Å². The summed E-state index contributed by atoms with van der Waals surface area (Å²) in [6.07, 6.45) is 3.14. The number of ether oxygens (including phenoxy) is 2. The Labute approximate surface area is 173 Å². The molecule has 0 atom stereocenters. The van der Waals surface area contributed by atoms with Crippen molar-refractivity contribution in [2.45, 2.75) is 19.3 Å². The number of hydrogen-bond donors (Lipinski definition) is 1. The number of likely N-dealkylation sites (N-methyl/N-ethyl adjacent to an activating group) is 1. The minimum absolute atomic E-state index is 0.893. The third-order valence-corrected chi connectivity index (χ3v) is 5.39. The smallest absolute Gasteiger partial charge is 0.154 e. The number of nitrogens with one attached hydrogen (secondary N) is 1. The van der Waals surface area contributed by atoms with Gasteiger partial charge in [-0.3, -0.25) is 0 Å². The Balaban J connectivity index is 1.29. The van der Waals surface area contributed by atoms with E-state index in [-0.39, 0.29) is 0 Å². The average molecular weight is 389 g/mol. The van der Waals surface area contributed by atoms with E-state index in [1.165, 1.54) is 11.1 Å². The summed E-state index contributed by atoms with van der Waals surface area (Å²) in [5, 5.41) is 3.48. The number of benzene rings is 3. The normalized spacial score (nSPS) is 12.0. The zero-order valence-electron chi connectivity index (χ0n) is 17.2. The Bertz CT molecular complexity index is 953. The lowest BCUT2D eigenvalue weighted by molar-refractivity contribution is 0.333. The van der Waals surface area contributed by atoms with E-state index in [1.807, 2.05) is 36.4 Å². The molecule has 4 rings (SSSR count). The molecule has 0 bridgehead atoms. The van der Waals surface area contributed by atoms with E-state index in [1.54, 1.807) is 7.11 Å². The number of para-hydroxylation sites is 3. The molecular formula is C25H28N2O2. The molecule has 4 nitrogen and oxygen atoms in total. The Morgan fingerprint density at radius 1 is 0.862 bits per heavy atom. The average Bonchev–Trinajstić information content (AvgIpc) is 2.77. The number of nitrogens with zero attached hydrogens (tertiary/aromatic N) is 1. The van der Waals surface area contributed by atoms with Gasteiger partial charge >= 0.3 is 0 Å². The molecule has 1 aliphatic heterocycles. The number of anilines is 2. The van der Waals surface area contributed by atoms with Gasteiger partial charge in [-0.15, -0.1) is 0 Å². The van der Waals surface area contributed by atoms with Crippen molar-refractivity contribution < 1.29 is 9.47 Å². The highest BCUT2D eigenvalue weighted by Crippen LogP contribution is 2.43. The predicted octanol–water partition coefficient (Wildman–Crippen LogP) is 5.65. The summed E-state index contributed by atoms with van der Waals surface area (Å²) in [4.78, 5) is 2.40. The van der Waals surface area contributed by atoms with Crippen LogP contribution in [0.1, 0.15) is 17.5 Å². The molecule has 0 spiro atoms. The molecule has 0 saturated carbocycles. The highest BCUT2D eigenvalue weighted by molar-refractivity contribution is 5.76. The van der Waals surface area contributed by atoms with Crippen molar-refractivity contribution in [2.75, 3.05) is 32.6 Å². The summed E-state index contributed by atoms with van der Waals surface area (Å²) in [6.45, 7) is 2.11. The summed E-state index contributed by atoms with van der Waals surface area (Å²) >= 11 is 0. The molecule has 3 aromatic carbocycles. The van der Waals surface area contributed by atoms with Crippen LogP contribution in [-0.2, 0) is 12.8 Å². The number of aryl methyl sites for hydroxylation is 1. The highest BCUT2D eigenvalue weighted by atomic mass is 16.5. The molecule has 29 heavy (non-hydrogen) atoms. The summed E-state index contributed by atoms with van der Waals surface area (Å²) in [5.74, 6) is 2.77. The van der Waals surface area contributed by atoms with E-state index in [0.29, 0.717) is 0 Å². The fourth-order valence-electron chi connectivity index (χ4n) is 3.68. The van der Waals surface area contributed by atoms with Gasteiger partial charge in [0.1, 0.15) is 5.75 Å². The Morgan fingerprint density at radius 2 is 1.66 bits per heavy atom. The third-order valence-electron chi connectivity index (χ3n) is 5.39. The molecule has 1 N–H and O–H groups in total. The molecule has 1 aliphatic rings. The number of methoxy groups -OCH3 is 1. The van der Waals surface area contributed by atoms with Crippen LogP contribution in [0.5, 0.6) is 17.2 Å². The van der Waals surface area contributed by atoms with Gasteiger partial charge < -0.3 is 19.7 Å². The van der Waals surface area contributed by atoms with Crippen LogP contribution >= 0.6 is 0 Å². The van der Waals surface area contributed by atoms with Gasteiger partial charge in [-0.25, -0.2) is 0 Å². The van der Waals surface area contributed by atoms with Crippen molar-refractivity contribution in [3.05, 3.63) is 77.9 Å². The summed E-state index contributed by atoms with van der Waals surface area (Å²) in [6, 6.07) is 22.8. The monoisotopic (exact) mass is 388 g/mol. The highest BCUT2D eigenvalue weighted by Gasteiger charge is 2.18. The molecule has 4 heteroatoms. The van der Waals surface area contributed by atoms with Gasteiger partial charge in [0.15, 0.2) is 11.5 Å². The van der Waals surface area contributed by atoms with Crippen molar-refractivity contribution >= 4 is 11.4 Å². The molecule has 0 saturated heterocycles. The first-order valence-corrected chi connectivity index (χ1v) is 10.2. The van der Waals surface area contributed by atoms with E-state index in [4.69, 9.17) is 9.47 Å². The fourth-order valence-corrected chi connectivity index (χ4v) is 3.68. The first-order valence-electron chi connectivity index (χ1n) is 10.2. The van der Waals surface area contributed by atoms with Gasteiger partial charge in [0.05, 0.1) is 18.5 Å². The Morgan fingerprint density at radius 3 is 2.48 bits per heavy atom. The van der Waals surface area contributed by atoms with Crippen molar-refractivity contribution in [2.24, 2.45) is 0 Å². The third kappa shape index (κ3) is 4.72. The predicted molar refractivity (Wildman–Crippen MR) is 119 cm³/mol. The van der Waals surface area contributed by atoms with E-state index in [0.717, 1.165) is 61.0 Å². The molecule has 0 radical (unpaired) electrons. The Kier molecular flexibility index (Phi) is 6.01. The molecule has 150 valence electrons. The molecule has 3 aromatic rings. The molecule has 1 heterocycles. The van der Waals surface area contributed by atoms with Gasteiger partial charge in [-0.05, 0) is 74.3 Å². The number of rotatable bonds is 8. The van der Waals surface area contributed by atoms with Crippen LogP contribution in [0.25, 0.3) is 0 Å². The largest absolute Gasteiger partial charge is 0.497 e. The maximum atomic E-state index is 6.20. The molecular weight excluding hydrogens is 360 g/mol.